The Labute approximate surface area is 118 Å². The molecule has 0 saturated heterocycles. The van der Waals surface area contributed by atoms with E-state index < -0.39 is 12.5 Å². The van der Waals surface area contributed by atoms with Crippen molar-refractivity contribution >= 4 is 17.6 Å². The first-order valence-electron chi connectivity index (χ1n) is 5.68. The molecule has 106 valence electrons. The predicted octanol–water partition coefficient (Wildman–Crippen LogP) is 3.17. The van der Waals surface area contributed by atoms with Gasteiger partial charge < -0.3 is 4.74 Å². The van der Waals surface area contributed by atoms with E-state index in [1.54, 1.807) is 6.92 Å². The molecule has 0 atom stereocenters. The lowest BCUT2D eigenvalue weighted by molar-refractivity contribution is 0.0525. The zero-order valence-electron chi connectivity index (χ0n) is 10.4. The van der Waals surface area contributed by atoms with E-state index >= 15 is 0 Å². The summed E-state index contributed by atoms with van der Waals surface area (Å²) in [4.78, 5) is 15.5. The third kappa shape index (κ3) is 2.93. The Morgan fingerprint density at radius 2 is 2.25 bits per heavy atom. The van der Waals surface area contributed by atoms with Crippen molar-refractivity contribution in [3.63, 3.8) is 0 Å². The fraction of sp³-hybridized carbons (Fsp3) is 0.250. The van der Waals surface area contributed by atoms with Crippen LogP contribution >= 0.6 is 11.6 Å². The summed E-state index contributed by atoms with van der Waals surface area (Å²) in [6.45, 7) is -0.831. The summed E-state index contributed by atoms with van der Waals surface area (Å²) < 4.78 is 30.2. The predicted molar refractivity (Wildman–Crippen MR) is 67.7 cm³/mol. The van der Waals surface area contributed by atoms with Crippen LogP contribution in [-0.2, 0) is 4.74 Å². The van der Waals surface area contributed by atoms with Gasteiger partial charge in [-0.1, -0.05) is 11.6 Å². The second-order valence-electron chi connectivity index (χ2n) is 3.76. The molecule has 20 heavy (non-hydrogen) atoms. The van der Waals surface area contributed by atoms with Gasteiger partial charge in [0, 0.05) is 18.0 Å². The molecular weight excluding hydrogens is 292 g/mol. The highest BCUT2D eigenvalue weighted by Gasteiger charge is 2.15. The molecule has 0 aromatic carbocycles. The maximum atomic E-state index is 12.4. The average Bonchev–Trinajstić information content (AvgIpc) is 2.88. The summed E-state index contributed by atoms with van der Waals surface area (Å²) in [6, 6.07) is 1.40. The van der Waals surface area contributed by atoms with Crippen LogP contribution in [0.1, 0.15) is 23.8 Å². The molecule has 0 spiro atoms. The molecule has 0 amide bonds. The SMILES string of the molecule is CCOC(=O)c1cnc(-c2cnn(C(F)F)c2)cc1Cl. The molecule has 2 aromatic rings. The van der Waals surface area contributed by atoms with Gasteiger partial charge in [0.2, 0.25) is 0 Å². The van der Waals surface area contributed by atoms with Crippen LogP contribution in [-0.4, -0.2) is 27.3 Å². The van der Waals surface area contributed by atoms with E-state index in [9.17, 15) is 13.6 Å². The van der Waals surface area contributed by atoms with Crippen LogP contribution in [0.5, 0.6) is 0 Å². The van der Waals surface area contributed by atoms with Gasteiger partial charge in [-0.05, 0) is 13.0 Å². The van der Waals surface area contributed by atoms with E-state index in [2.05, 4.69) is 10.1 Å². The van der Waals surface area contributed by atoms with Crippen molar-refractivity contribution < 1.29 is 18.3 Å². The normalized spacial score (nSPS) is 10.8. The van der Waals surface area contributed by atoms with Crippen LogP contribution in [0.2, 0.25) is 5.02 Å². The lowest BCUT2D eigenvalue weighted by Crippen LogP contribution is -2.06. The summed E-state index contributed by atoms with van der Waals surface area (Å²) in [5, 5.41) is 3.64. The highest BCUT2D eigenvalue weighted by Crippen LogP contribution is 2.24. The maximum Gasteiger partial charge on any atom is 0.341 e. The molecule has 0 N–H and O–H groups in total. The van der Waals surface area contributed by atoms with Crippen molar-refractivity contribution in [3.05, 3.63) is 35.2 Å². The van der Waals surface area contributed by atoms with Gasteiger partial charge in [0.25, 0.3) is 0 Å². The van der Waals surface area contributed by atoms with E-state index in [0.29, 0.717) is 15.9 Å². The lowest BCUT2D eigenvalue weighted by atomic mass is 10.2. The molecule has 0 fully saturated rings. The number of halogens is 3. The van der Waals surface area contributed by atoms with Crippen molar-refractivity contribution in [3.8, 4) is 11.3 Å². The van der Waals surface area contributed by atoms with Gasteiger partial charge in [-0.3, -0.25) is 4.98 Å². The molecule has 0 bridgehead atoms. The molecule has 0 aliphatic heterocycles. The Morgan fingerprint density at radius 1 is 1.50 bits per heavy atom. The Kier molecular flexibility index (Phi) is 4.29. The first-order chi connectivity index (χ1) is 9.52. The lowest BCUT2D eigenvalue weighted by Gasteiger charge is -2.05. The standard InChI is InChI=1S/C12H10ClF2N3O2/c1-2-20-11(19)8-5-16-10(3-9(8)13)7-4-17-18(6-7)12(14)15/h3-6,12H,2H2,1H3. The number of pyridine rings is 1. The molecule has 2 rings (SSSR count). The second kappa shape index (κ2) is 5.96. The summed E-state index contributed by atoms with van der Waals surface area (Å²) in [7, 11) is 0. The van der Waals surface area contributed by atoms with E-state index in [1.165, 1.54) is 18.5 Å². The van der Waals surface area contributed by atoms with Crippen molar-refractivity contribution in [2.75, 3.05) is 6.61 Å². The van der Waals surface area contributed by atoms with Gasteiger partial charge in [-0.15, -0.1) is 0 Å². The van der Waals surface area contributed by atoms with Crippen molar-refractivity contribution in [1.29, 1.82) is 0 Å². The van der Waals surface area contributed by atoms with Crippen LogP contribution in [0.25, 0.3) is 11.3 Å². The largest absolute Gasteiger partial charge is 0.462 e. The number of nitrogens with zero attached hydrogens (tertiary/aromatic N) is 3. The third-order valence-corrected chi connectivity index (χ3v) is 2.76. The minimum absolute atomic E-state index is 0.124. The van der Waals surface area contributed by atoms with Crippen LogP contribution < -0.4 is 0 Å². The van der Waals surface area contributed by atoms with Crippen molar-refractivity contribution in [1.82, 2.24) is 14.8 Å². The minimum Gasteiger partial charge on any atom is -0.462 e. The van der Waals surface area contributed by atoms with Crippen LogP contribution in [0.15, 0.2) is 24.7 Å². The minimum atomic E-state index is -2.72. The van der Waals surface area contributed by atoms with E-state index in [4.69, 9.17) is 16.3 Å². The highest BCUT2D eigenvalue weighted by molar-refractivity contribution is 6.33. The fourth-order valence-corrected chi connectivity index (χ4v) is 1.75. The molecule has 0 saturated carbocycles. The van der Waals surface area contributed by atoms with Gasteiger partial charge in [0.05, 0.1) is 29.1 Å². The van der Waals surface area contributed by atoms with Gasteiger partial charge in [0.1, 0.15) is 0 Å². The van der Waals surface area contributed by atoms with Crippen LogP contribution in [0.3, 0.4) is 0 Å². The molecule has 2 heterocycles. The molecule has 2 aromatic heterocycles. The average molecular weight is 302 g/mol. The fourth-order valence-electron chi connectivity index (χ4n) is 1.52. The van der Waals surface area contributed by atoms with Crippen LogP contribution in [0, 0.1) is 0 Å². The van der Waals surface area contributed by atoms with E-state index in [1.807, 2.05) is 0 Å². The Bertz CT molecular complexity index is 631. The topological polar surface area (TPSA) is 57.0 Å². The Balaban J connectivity index is 2.30. The second-order valence-corrected chi connectivity index (χ2v) is 4.16. The Morgan fingerprint density at radius 3 is 2.80 bits per heavy atom. The molecule has 5 nitrogen and oxygen atoms in total. The maximum absolute atomic E-state index is 12.4. The molecule has 0 aliphatic carbocycles. The summed E-state index contributed by atoms with van der Waals surface area (Å²) >= 11 is 5.96. The van der Waals surface area contributed by atoms with E-state index in [-0.39, 0.29) is 17.2 Å². The van der Waals surface area contributed by atoms with Gasteiger partial charge in [0.15, 0.2) is 0 Å². The highest BCUT2D eigenvalue weighted by atomic mass is 35.5. The summed E-state index contributed by atoms with van der Waals surface area (Å²) in [5.41, 5.74) is 0.844. The molecule has 0 unspecified atom stereocenters. The zero-order chi connectivity index (χ0) is 14.7. The first-order valence-corrected chi connectivity index (χ1v) is 6.06. The number of ether oxygens (including phenoxy) is 1. The van der Waals surface area contributed by atoms with Gasteiger partial charge >= 0.3 is 12.5 Å². The van der Waals surface area contributed by atoms with Crippen molar-refractivity contribution in [2.45, 2.75) is 13.5 Å². The molecule has 8 heteroatoms. The van der Waals surface area contributed by atoms with Gasteiger partial charge in [-0.2, -0.15) is 13.9 Å². The number of aromatic nitrogens is 3. The van der Waals surface area contributed by atoms with Crippen molar-refractivity contribution in [2.24, 2.45) is 0 Å². The van der Waals surface area contributed by atoms with Gasteiger partial charge in [-0.25, -0.2) is 9.48 Å². The molecule has 0 aliphatic rings. The number of esters is 1. The molecule has 0 radical (unpaired) electrons. The number of carbonyl (C=O) groups excluding carboxylic acids is 1. The smallest absolute Gasteiger partial charge is 0.341 e. The molecular formula is C12H10ClF2N3O2. The number of hydrogen-bond donors (Lipinski definition) is 0. The first kappa shape index (κ1) is 14.4. The monoisotopic (exact) mass is 301 g/mol. The quantitative estimate of drug-likeness (QED) is 0.814. The number of carbonyl (C=O) groups is 1. The number of rotatable bonds is 4. The Hall–Kier alpha value is -2.02. The number of hydrogen-bond acceptors (Lipinski definition) is 4. The third-order valence-electron chi connectivity index (χ3n) is 2.45. The summed E-state index contributed by atoms with van der Waals surface area (Å²) in [5.74, 6) is -0.583. The zero-order valence-corrected chi connectivity index (χ0v) is 11.1. The van der Waals surface area contributed by atoms with E-state index in [0.717, 1.165) is 6.20 Å². The number of alkyl halides is 2. The van der Waals surface area contributed by atoms with Crippen LogP contribution in [0.4, 0.5) is 8.78 Å². The summed E-state index contributed by atoms with van der Waals surface area (Å²) in [6.07, 6.45) is 3.64.